The molecule has 0 atom stereocenters. The molecule has 0 bridgehead atoms. The summed E-state index contributed by atoms with van der Waals surface area (Å²) in [6.45, 7) is 2.01. The van der Waals surface area contributed by atoms with Crippen molar-refractivity contribution in [2.45, 2.75) is 13.3 Å². The highest BCUT2D eigenvalue weighted by atomic mass is 35.5. The van der Waals surface area contributed by atoms with E-state index in [1.807, 2.05) is 37.3 Å². The number of aromatic nitrogens is 2. The van der Waals surface area contributed by atoms with Gasteiger partial charge in [0.05, 0.1) is 11.9 Å². The number of nitrogens with zero attached hydrogens (tertiary/aromatic N) is 2. The fourth-order valence-corrected chi connectivity index (χ4v) is 1.70. The molecule has 2 aromatic rings. The van der Waals surface area contributed by atoms with E-state index in [0.717, 1.165) is 17.7 Å². The van der Waals surface area contributed by atoms with Crippen molar-refractivity contribution in [2.24, 2.45) is 5.10 Å². The van der Waals surface area contributed by atoms with Crippen molar-refractivity contribution in [2.75, 3.05) is 5.43 Å². The van der Waals surface area contributed by atoms with Crippen molar-refractivity contribution in [3.8, 4) is 0 Å². The third-order valence-corrected chi connectivity index (χ3v) is 2.92. The Hall–Kier alpha value is -2.14. The zero-order valence-corrected chi connectivity index (χ0v) is 11.1. The van der Waals surface area contributed by atoms with Crippen LogP contribution in [0.3, 0.4) is 0 Å². The van der Waals surface area contributed by atoms with Crippen LogP contribution >= 0.6 is 11.6 Å². The maximum atomic E-state index is 11.3. The number of aromatic amines is 1. The lowest BCUT2D eigenvalue weighted by atomic mass is 10.1. The van der Waals surface area contributed by atoms with Crippen LogP contribution in [0, 0.1) is 0 Å². The third kappa shape index (κ3) is 3.20. The lowest BCUT2D eigenvalue weighted by Gasteiger charge is -2.06. The fourth-order valence-electron chi connectivity index (χ4n) is 1.57. The molecule has 2 N–H and O–H groups in total. The summed E-state index contributed by atoms with van der Waals surface area (Å²) in [5.41, 5.74) is 4.61. The molecule has 5 nitrogen and oxygen atoms in total. The van der Waals surface area contributed by atoms with E-state index >= 15 is 0 Å². The summed E-state index contributed by atoms with van der Waals surface area (Å²) in [5, 5.41) is 10.2. The molecular formula is C13H13ClN4O. The number of hydrogen-bond donors (Lipinski definition) is 2. The number of rotatable bonds is 4. The highest BCUT2D eigenvalue weighted by Crippen LogP contribution is 2.15. The van der Waals surface area contributed by atoms with Gasteiger partial charge in [-0.1, -0.05) is 48.9 Å². The first-order valence-electron chi connectivity index (χ1n) is 5.83. The first-order valence-corrected chi connectivity index (χ1v) is 6.21. The molecule has 0 radical (unpaired) electrons. The van der Waals surface area contributed by atoms with E-state index < -0.39 is 5.56 Å². The van der Waals surface area contributed by atoms with E-state index in [1.165, 1.54) is 6.20 Å². The highest BCUT2D eigenvalue weighted by Gasteiger charge is 2.05. The fraction of sp³-hybridized carbons (Fsp3) is 0.154. The summed E-state index contributed by atoms with van der Waals surface area (Å²) < 4.78 is 0. The summed E-state index contributed by atoms with van der Waals surface area (Å²) >= 11 is 5.85. The maximum absolute atomic E-state index is 11.3. The van der Waals surface area contributed by atoms with Crippen molar-refractivity contribution >= 4 is 23.0 Å². The first-order chi connectivity index (χ1) is 9.22. The Morgan fingerprint density at radius 3 is 2.84 bits per heavy atom. The summed E-state index contributed by atoms with van der Waals surface area (Å²) in [4.78, 5) is 11.3. The Labute approximate surface area is 115 Å². The molecule has 6 heteroatoms. The van der Waals surface area contributed by atoms with E-state index in [2.05, 4.69) is 20.7 Å². The molecule has 0 fully saturated rings. The van der Waals surface area contributed by atoms with Gasteiger partial charge in [0.2, 0.25) is 0 Å². The van der Waals surface area contributed by atoms with Crippen LogP contribution in [-0.4, -0.2) is 15.9 Å². The minimum absolute atomic E-state index is 0.0438. The van der Waals surface area contributed by atoms with E-state index in [0.29, 0.717) is 5.69 Å². The smallest absolute Gasteiger partial charge is 0.275 e. The molecule has 0 saturated carbocycles. The predicted octanol–water partition coefficient (Wildman–Crippen LogP) is 2.65. The summed E-state index contributed by atoms with van der Waals surface area (Å²) in [5.74, 6) is 0. The Bertz CT molecular complexity index is 637. The first kappa shape index (κ1) is 13.3. The third-order valence-electron chi connectivity index (χ3n) is 2.55. The Morgan fingerprint density at radius 1 is 1.42 bits per heavy atom. The molecule has 19 heavy (non-hydrogen) atoms. The lowest BCUT2D eigenvalue weighted by Crippen LogP contribution is -2.11. The highest BCUT2D eigenvalue weighted by molar-refractivity contribution is 6.32. The van der Waals surface area contributed by atoms with Gasteiger partial charge < -0.3 is 0 Å². The molecule has 0 aliphatic heterocycles. The molecule has 0 spiro atoms. The zero-order chi connectivity index (χ0) is 13.7. The van der Waals surface area contributed by atoms with Crippen LogP contribution in [0.5, 0.6) is 0 Å². The second kappa shape index (κ2) is 6.15. The zero-order valence-electron chi connectivity index (χ0n) is 10.4. The van der Waals surface area contributed by atoms with Gasteiger partial charge in [0.15, 0.2) is 0 Å². The van der Waals surface area contributed by atoms with Gasteiger partial charge in [-0.3, -0.25) is 10.2 Å². The SMILES string of the molecule is CC/C(=N\Nc1cn[nH]c(=O)c1Cl)c1ccccc1. The normalized spacial score (nSPS) is 11.4. The quantitative estimate of drug-likeness (QED) is 0.666. The molecule has 98 valence electrons. The second-order valence-electron chi connectivity index (χ2n) is 3.82. The number of H-pyrrole nitrogens is 1. The van der Waals surface area contributed by atoms with Crippen LogP contribution < -0.4 is 11.0 Å². The van der Waals surface area contributed by atoms with Crippen molar-refractivity contribution in [3.63, 3.8) is 0 Å². The minimum atomic E-state index is -0.445. The van der Waals surface area contributed by atoms with Gasteiger partial charge in [0.25, 0.3) is 5.56 Å². The van der Waals surface area contributed by atoms with Crippen LogP contribution in [0.1, 0.15) is 18.9 Å². The second-order valence-corrected chi connectivity index (χ2v) is 4.19. The summed E-state index contributed by atoms with van der Waals surface area (Å²) in [6, 6.07) is 9.79. The summed E-state index contributed by atoms with van der Waals surface area (Å²) in [7, 11) is 0. The van der Waals surface area contributed by atoms with E-state index in [1.54, 1.807) is 0 Å². The van der Waals surface area contributed by atoms with Gasteiger partial charge in [-0.2, -0.15) is 10.2 Å². The van der Waals surface area contributed by atoms with Gasteiger partial charge in [-0.15, -0.1) is 0 Å². The maximum Gasteiger partial charge on any atom is 0.285 e. The van der Waals surface area contributed by atoms with E-state index in [9.17, 15) is 4.79 Å². The molecule has 1 aromatic heterocycles. The molecular weight excluding hydrogens is 264 g/mol. The van der Waals surface area contributed by atoms with E-state index in [4.69, 9.17) is 11.6 Å². The van der Waals surface area contributed by atoms with Crippen molar-refractivity contribution in [1.82, 2.24) is 10.2 Å². The standard InChI is InChI=1S/C13H13ClN4O/c1-2-10(9-6-4-3-5-7-9)16-17-11-8-15-18-13(19)12(11)14/h3-8H,2H2,1H3,(H2,17,18,19)/b16-10+. The van der Waals surface area contributed by atoms with Crippen molar-refractivity contribution in [1.29, 1.82) is 0 Å². The minimum Gasteiger partial charge on any atom is -0.275 e. The molecule has 0 aliphatic carbocycles. The van der Waals surface area contributed by atoms with Gasteiger partial charge in [-0.05, 0) is 12.0 Å². The van der Waals surface area contributed by atoms with Crippen LogP contribution in [0.25, 0.3) is 0 Å². The molecule has 2 rings (SSSR count). The average molecular weight is 277 g/mol. The lowest BCUT2D eigenvalue weighted by molar-refractivity contribution is 0.986. The number of anilines is 1. The van der Waals surface area contributed by atoms with Crippen molar-refractivity contribution in [3.05, 3.63) is 57.5 Å². The molecule has 0 unspecified atom stereocenters. The predicted molar refractivity (Wildman–Crippen MR) is 76.8 cm³/mol. The Morgan fingerprint density at radius 2 is 2.16 bits per heavy atom. The Kier molecular flexibility index (Phi) is 4.30. The number of hydrogen-bond acceptors (Lipinski definition) is 4. The van der Waals surface area contributed by atoms with Crippen LogP contribution in [0.15, 0.2) is 46.4 Å². The number of nitrogens with one attached hydrogen (secondary N) is 2. The number of hydrazone groups is 1. The molecule has 0 amide bonds. The number of benzene rings is 1. The molecule has 0 aliphatic rings. The molecule has 1 heterocycles. The average Bonchev–Trinajstić information content (AvgIpc) is 2.45. The Balaban J connectivity index is 2.26. The summed E-state index contributed by atoms with van der Waals surface area (Å²) in [6.07, 6.45) is 2.18. The largest absolute Gasteiger partial charge is 0.285 e. The van der Waals surface area contributed by atoms with Crippen LogP contribution in [0.4, 0.5) is 5.69 Å². The topological polar surface area (TPSA) is 70.1 Å². The number of halogens is 1. The molecule has 1 aromatic carbocycles. The van der Waals surface area contributed by atoms with Gasteiger partial charge in [-0.25, -0.2) is 5.10 Å². The van der Waals surface area contributed by atoms with E-state index in [-0.39, 0.29) is 5.02 Å². The molecule has 0 saturated heterocycles. The van der Waals surface area contributed by atoms with Crippen molar-refractivity contribution < 1.29 is 0 Å². The van der Waals surface area contributed by atoms with Gasteiger partial charge in [0, 0.05) is 0 Å². The monoisotopic (exact) mass is 276 g/mol. The van der Waals surface area contributed by atoms with Crippen LogP contribution in [-0.2, 0) is 0 Å². The van der Waals surface area contributed by atoms with Gasteiger partial charge in [0.1, 0.15) is 10.7 Å². The van der Waals surface area contributed by atoms with Crippen LogP contribution in [0.2, 0.25) is 5.02 Å². The van der Waals surface area contributed by atoms with Gasteiger partial charge >= 0.3 is 0 Å².